The van der Waals surface area contributed by atoms with Crippen molar-refractivity contribution in [3.05, 3.63) is 63.6 Å². The van der Waals surface area contributed by atoms with E-state index in [1.165, 1.54) is 13.2 Å². The molecule has 132 valence electrons. The van der Waals surface area contributed by atoms with Gasteiger partial charge in [0.25, 0.3) is 6.02 Å². The highest BCUT2D eigenvalue weighted by atomic mass is 79.9. The molecule has 2 aromatic rings. The van der Waals surface area contributed by atoms with E-state index >= 15 is 0 Å². The van der Waals surface area contributed by atoms with E-state index in [-0.39, 0.29) is 18.4 Å². The van der Waals surface area contributed by atoms with Gasteiger partial charge < -0.3 is 15.2 Å². The summed E-state index contributed by atoms with van der Waals surface area (Å²) in [6, 6.07) is 10.9. The van der Waals surface area contributed by atoms with Gasteiger partial charge >= 0.3 is 6.18 Å². The Balaban J connectivity index is 2.23. The largest absolute Gasteiger partial charge is 0.496 e. The summed E-state index contributed by atoms with van der Waals surface area (Å²) in [6.07, 6.45) is -4.56. The molecular formula is C17H14BrF3N2O2. The summed E-state index contributed by atoms with van der Waals surface area (Å²) < 4.78 is 51.1. The van der Waals surface area contributed by atoms with Crippen LogP contribution in [-0.2, 0) is 16.5 Å². The number of methoxy groups -OCH3 is 1. The van der Waals surface area contributed by atoms with Gasteiger partial charge in [-0.1, -0.05) is 34.1 Å². The van der Waals surface area contributed by atoms with E-state index in [1.807, 2.05) is 6.07 Å². The van der Waals surface area contributed by atoms with E-state index in [4.69, 9.17) is 15.2 Å². The number of amidine groups is 1. The maximum absolute atomic E-state index is 13.4. The second-order valence-corrected chi connectivity index (χ2v) is 6.44. The van der Waals surface area contributed by atoms with Gasteiger partial charge in [-0.25, -0.2) is 4.99 Å². The molecule has 1 atom stereocenters. The van der Waals surface area contributed by atoms with Crippen LogP contribution in [0.3, 0.4) is 0 Å². The zero-order valence-electron chi connectivity index (χ0n) is 13.1. The molecule has 3 rings (SSSR count). The standard InChI is InChI=1S/C17H14BrF3N2O2/c1-24-14-6-5-11(8-13(14)17(19,20)21)16(9-25-15(22)23-16)10-3-2-4-12(18)7-10/h2-8H,9H2,1H3,(H2,22,23)/t16-/m1/s1. The number of halogens is 4. The van der Waals surface area contributed by atoms with Crippen molar-refractivity contribution in [2.45, 2.75) is 11.7 Å². The Kier molecular flexibility index (Phi) is 4.40. The average Bonchev–Trinajstić information content (AvgIpc) is 2.96. The van der Waals surface area contributed by atoms with Gasteiger partial charge in [0.2, 0.25) is 0 Å². The van der Waals surface area contributed by atoms with Crippen molar-refractivity contribution in [2.75, 3.05) is 13.7 Å². The molecule has 1 aliphatic heterocycles. The van der Waals surface area contributed by atoms with Gasteiger partial charge in [0.05, 0.1) is 12.7 Å². The highest BCUT2D eigenvalue weighted by Gasteiger charge is 2.43. The summed E-state index contributed by atoms with van der Waals surface area (Å²) in [7, 11) is 1.20. The first-order valence-corrected chi connectivity index (χ1v) is 8.05. The molecule has 0 amide bonds. The molecule has 0 saturated carbocycles. The van der Waals surface area contributed by atoms with Crippen LogP contribution in [0.15, 0.2) is 51.9 Å². The first kappa shape index (κ1) is 17.6. The van der Waals surface area contributed by atoms with Crippen LogP contribution in [0, 0.1) is 0 Å². The lowest BCUT2D eigenvalue weighted by Crippen LogP contribution is -2.28. The monoisotopic (exact) mass is 414 g/mol. The first-order valence-electron chi connectivity index (χ1n) is 7.26. The van der Waals surface area contributed by atoms with Crippen LogP contribution in [0.25, 0.3) is 0 Å². The van der Waals surface area contributed by atoms with E-state index in [0.717, 1.165) is 10.5 Å². The topological polar surface area (TPSA) is 56.8 Å². The van der Waals surface area contributed by atoms with Crippen LogP contribution < -0.4 is 10.5 Å². The number of benzene rings is 2. The molecule has 1 aliphatic rings. The highest BCUT2D eigenvalue weighted by Crippen LogP contribution is 2.43. The summed E-state index contributed by atoms with van der Waals surface area (Å²) in [5.41, 5.74) is 4.63. The molecule has 0 aliphatic carbocycles. The van der Waals surface area contributed by atoms with Crippen molar-refractivity contribution < 1.29 is 22.6 Å². The van der Waals surface area contributed by atoms with Crippen LogP contribution >= 0.6 is 15.9 Å². The molecule has 0 aromatic heterocycles. The molecule has 0 radical (unpaired) electrons. The van der Waals surface area contributed by atoms with E-state index in [9.17, 15) is 13.2 Å². The third-order valence-corrected chi connectivity index (χ3v) is 4.51. The Hall–Kier alpha value is -2.22. The summed E-state index contributed by atoms with van der Waals surface area (Å²) in [4.78, 5) is 4.32. The highest BCUT2D eigenvalue weighted by molar-refractivity contribution is 9.10. The zero-order chi connectivity index (χ0) is 18.2. The van der Waals surface area contributed by atoms with Crippen molar-refractivity contribution in [3.63, 3.8) is 0 Å². The Morgan fingerprint density at radius 1 is 1.20 bits per heavy atom. The van der Waals surface area contributed by atoms with E-state index < -0.39 is 17.3 Å². The Labute approximate surface area is 150 Å². The molecule has 0 fully saturated rings. The summed E-state index contributed by atoms with van der Waals surface area (Å²) in [5.74, 6) is -0.253. The zero-order valence-corrected chi connectivity index (χ0v) is 14.7. The van der Waals surface area contributed by atoms with E-state index in [0.29, 0.717) is 11.1 Å². The molecule has 2 aromatic carbocycles. The van der Waals surface area contributed by atoms with Crippen LogP contribution in [0.4, 0.5) is 13.2 Å². The van der Waals surface area contributed by atoms with Gasteiger partial charge in [-0.2, -0.15) is 13.2 Å². The van der Waals surface area contributed by atoms with Crippen LogP contribution in [0.1, 0.15) is 16.7 Å². The number of rotatable bonds is 3. The van der Waals surface area contributed by atoms with Crippen molar-refractivity contribution in [1.29, 1.82) is 0 Å². The smallest absolute Gasteiger partial charge is 0.419 e. The molecule has 25 heavy (non-hydrogen) atoms. The fourth-order valence-corrected chi connectivity index (χ4v) is 3.23. The van der Waals surface area contributed by atoms with Crippen molar-refractivity contribution >= 4 is 22.0 Å². The average molecular weight is 415 g/mol. The third kappa shape index (κ3) is 3.18. The quantitative estimate of drug-likeness (QED) is 0.823. The number of aliphatic imine (C=N–C) groups is 1. The first-order chi connectivity index (χ1) is 11.8. The van der Waals surface area contributed by atoms with Gasteiger partial charge in [-0.15, -0.1) is 0 Å². The second-order valence-electron chi connectivity index (χ2n) is 5.52. The lowest BCUT2D eigenvalue weighted by molar-refractivity contribution is -0.138. The molecule has 0 bridgehead atoms. The number of hydrogen-bond donors (Lipinski definition) is 1. The number of nitrogens with zero attached hydrogens (tertiary/aromatic N) is 1. The Bertz CT molecular complexity index is 839. The predicted molar refractivity (Wildman–Crippen MR) is 90.5 cm³/mol. The fraction of sp³-hybridized carbons (Fsp3) is 0.235. The predicted octanol–water partition coefficient (Wildman–Crippen LogP) is 4.07. The third-order valence-electron chi connectivity index (χ3n) is 4.01. The number of ether oxygens (including phenoxy) is 2. The van der Waals surface area contributed by atoms with Crippen molar-refractivity contribution in [2.24, 2.45) is 10.7 Å². The van der Waals surface area contributed by atoms with Gasteiger partial charge in [-0.05, 0) is 35.4 Å². The minimum Gasteiger partial charge on any atom is -0.496 e. The maximum Gasteiger partial charge on any atom is 0.419 e. The van der Waals surface area contributed by atoms with Crippen molar-refractivity contribution in [3.8, 4) is 5.75 Å². The normalized spacial score (nSPS) is 20.1. The molecular weight excluding hydrogens is 401 g/mol. The van der Waals surface area contributed by atoms with E-state index in [2.05, 4.69) is 20.9 Å². The summed E-state index contributed by atoms with van der Waals surface area (Å²) >= 11 is 3.37. The molecule has 8 heteroatoms. The molecule has 1 heterocycles. The summed E-state index contributed by atoms with van der Waals surface area (Å²) in [5, 5.41) is 0. The molecule has 0 unspecified atom stereocenters. The molecule has 2 N–H and O–H groups in total. The SMILES string of the molecule is COc1ccc([C@]2(c3cccc(Br)c3)COC(N)=N2)cc1C(F)(F)F. The number of hydrogen-bond acceptors (Lipinski definition) is 4. The van der Waals surface area contributed by atoms with Gasteiger partial charge in [0.1, 0.15) is 12.4 Å². The summed E-state index contributed by atoms with van der Waals surface area (Å²) in [6.45, 7) is 0.0128. The lowest BCUT2D eigenvalue weighted by Gasteiger charge is -2.26. The lowest BCUT2D eigenvalue weighted by atomic mass is 9.83. The second kappa shape index (κ2) is 6.25. The van der Waals surface area contributed by atoms with E-state index in [1.54, 1.807) is 24.3 Å². The minimum atomic E-state index is -4.56. The van der Waals surface area contributed by atoms with Gasteiger partial charge in [0, 0.05) is 4.47 Å². The van der Waals surface area contributed by atoms with Gasteiger partial charge in [0.15, 0.2) is 5.54 Å². The molecule has 0 spiro atoms. The van der Waals surface area contributed by atoms with Crippen LogP contribution in [0.2, 0.25) is 0 Å². The van der Waals surface area contributed by atoms with Crippen LogP contribution in [-0.4, -0.2) is 19.7 Å². The molecule has 0 saturated heterocycles. The minimum absolute atomic E-state index is 0.0128. The molecule has 4 nitrogen and oxygen atoms in total. The Morgan fingerprint density at radius 2 is 1.92 bits per heavy atom. The number of nitrogens with two attached hydrogens (primary N) is 1. The number of alkyl halides is 3. The fourth-order valence-electron chi connectivity index (χ4n) is 2.83. The maximum atomic E-state index is 13.4. The van der Waals surface area contributed by atoms with Crippen molar-refractivity contribution in [1.82, 2.24) is 0 Å². The van der Waals surface area contributed by atoms with Crippen LogP contribution in [0.5, 0.6) is 5.75 Å². The Morgan fingerprint density at radius 3 is 2.48 bits per heavy atom. The van der Waals surface area contributed by atoms with Gasteiger partial charge in [-0.3, -0.25) is 0 Å².